The fraction of sp³-hybridized carbons (Fsp3) is 0.267. The summed E-state index contributed by atoms with van der Waals surface area (Å²) in [5, 5.41) is 0.845. The number of nitrogens with zero attached hydrogens (tertiary/aromatic N) is 1. The topological polar surface area (TPSA) is 33.5 Å². The minimum Gasteiger partial charge on any atom is -0.468 e. The average Bonchev–Trinajstić information content (AvgIpc) is 2.93. The highest BCUT2D eigenvalue weighted by Crippen LogP contribution is 2.23. The van der Waals surface area contributed by atoms with Crippen LogP contribution in [0.5, 0.6) is 0 Å². The number of hydrogen-bond donors (Lipinski definition) is 0. The molecule has 1 aromatic heterocycles. The first-order valence-electron chi connectivity index (χ1n) is 6.33. The number of ketones is 1. The van der Waals surface area contributed by atoms with Crippen LogP contribution in [0.2, 0.25) is 10.0 Å². The Labute approximate surface area is 128 Å². The van der Waals surface area contributed by atoms with Crippen LogP contribution in [0.25, 0.3) is 0 Å². The van der Waals surface area contributed by atoms with Gasteiger partial charge in [0.15, 0.2) is 5.78 Å². The maximum atomic E-state index is 12.2. The lowest BCUT2D eigenvalue weighted by atomic mass is 10.1. The molecule has 0 radical (unpaired) electrons. The summed E-state index contributed by atoms with van der Waals surface area (Å²) in [6.45, 7) is 3.69. The lowest BCUT2D eigenvalue weighted by Gasteiger charge is -2.18. The van der Waals surface area contributed by atoms with E-state index >= 15 is 0 Å². The molecule has 0 unspecified atom stereocenters. The van der Waals surface area contributed by atoms with E-state index in [0.29, 0.717) is 28.7 Å². The summed E-state index contributed by atoms with van der Waals surface area (Å²) in [5.74, 6) is 0.853. The van der Waals surface area contributed by atoms with Gasteiger partial charge in [-0.15, -0.1) is 0 Å². The van der Waals surface area contributed by atoms with Crippen molar-refractivity contribution in [1.82, 2.24) is 4.90 Å². The van der Waals surface area contributed by atoms with Crippen LogP contribution in [0.15, 0.2) is 41.0 Å². The van der Waals surface area contributed by atoms with E-state index in [-0.39, 0.29) is 5.78 Å². The number of rotatable bonds is 6. The number of hydrogen-bond acceptors (Lipinski definition) is 3. The number of carbonyl (C=O) groups excluding carboxylic acids is 1. The summed E-state index contributed by atoms with van der Waals surface area (Å²) in [7, 11) is 0. The largest absolute Gasteiger partial charge is 0.468 e. The molecule has 0 amide bonds. The molecular formula is C15H15Cl2NO2. The molecule has 0 aliphatic rings. The van der Waals surface area contributed by atoms with Crippen molar-refractivity contribution in [3.8, 4) is 0 Å². The van der Waals surface area contributed by atoms with E-state index < -0.39 is 0 Å². The van der Waals surface area contributed by atoms with Crippen LogP contribution >= 0.6 is 23.2 Å². The summed E-state index contributed by atoms with van der Waals surface area (Å²) in [5.41, 5.74) is 0.567. The molecule has 2 aromatic rings. The lowest BCUT2D eigenvalue weighted by molar-refractivity contribution is 0.0925. The molecule has 5 heteroatoms. The third-order valence-electron chi connectivity index (χ3n) is 3.02. The molecule has 3 nitrogen and oxygen atoms in total. The predicted molar refractivity (Wildman–Crippen MR) is 80.5 cm³/mol. The zero-order valence-electron chi connectivity index (χ0n) is 11.1. The van der Waals surface area contributed by atoms with Crippen LogP contribution in [-0.2, 0) is 6.54 Å². The van der Waals surface area contributed by atoms with Gasteiger partial charge in [-0.3, -0.25) is 9.69 Å². The van der Waals surface area contributed by atoms with E-state index in [1.807, 2.05) is 24.0 Å². The number of Topliss-reactive ketones (excluding diaryl/α,β-unsaturated/α-hetero) is 1. The average molecular weight is 312 g/mol. The van der Waals surface area contributed by atoms with Gasteiger partial charge in [0.1, 0.15) is 5.76 Å². The van der Waals surface area contributed by atoms with Crippen molar-refractivity contribution >= 4 is 29.0 Å². The van der Waals surface area contributed by atoms with Gasteiger partial charge in [-0.2, -0.15) is 0 Å². The summed E-state index contributed by atoms with van der Waals surface area (Å²) in [6.07, 6.45) is 1.63. The molecule has 20 heavy (non-hydrogen) atoms. The Hall–Kier alpha value is -1.29. The normalized spacial score (nSPS) is 11.0. The van der Waals surface area contributed by atoms with Gasteiger partial charge >= 0.3 is 0 Å². The Bertz CT molecular complexity index is 582. The number of carbonyl (C=O) groups is 1. The van der Waals surface area contributed by atoms with Gasteiger partial charge in [-0.1, -0.05) is 30.1 Å². The molecule has 0 saturated carbocycles. The maximum Gasteiger partial charge on any atom is 0.176 e. The van der Waals surface area contributed by atoms with E-state index in [2.05, 4.69) is 0 Å². The van der Waals surface area contributed by atoms with Crippen molar-refractivity contribution in [2.24, 2.45) is 0 Å². The molecule has 0 spiro atoms. The minimum absolute atomic E-state index is 0.0111. The van der Waals surface area contributed by atoms with Crippen LogP contribution in [0.1, 0.15) is 23.0 Å². The quantitative estimate of drug-likeness (QED) is 0.746. The number of halogens is 2. The monoisotopic (exact) mass is 311 g/mol. The SMILES string of the molecule is CCN(CC(=O)c1ccc(Cl)c(Cl)c1)Cc1ccco1. The number of benzene rings is 1. The van der Waals surface area contributed by atoms with Crippen molar-refractivity contribution in [2.45, 2.75) is 13.5 Å². The fourth-order valence-corrected chi connectivity index (χ4v) is 2.16. The Balaban J connectivity index is 2.03. The molecule has 0 saturated heterocycles. The standard InChI is InChI=1S/C15H15Cl2NO2/c1-2-18(9-12-4-3-7-20-12)10-15(19)11-5-6-13(16)14(17)8-11/h3-8H,2,9-10H2,1H3. The summed E-state index contributed by atoms with van der Waals surface area (Å²) < 4.78 is 5.30. The van der Waals surface area contributed by atoms with Crippen molar-refractivity contribution in [3.63, 3.8) is 0 Å². The van der Waals surface area contributed by atoms with Crippen LogP contribution in [-0.4, -0.2) is 23.8 Å². The van der Waals surface area contributed by atoms with Crippen LogP contribution in [0.3, 0.4) is 0 Å². The lowest BCUT2D eigenvalue weighted by Crippen LogP contribution is -2.29. The van der Waals surface area contributed by atoms with Gasteiger partial charge in [0.2, 0.25) is 0 Å². The van der Waals surface area contributed by atoms with E-state index in [1.165, 1.54) is 0 Å². The van der Waals surface area contributed by atoms with Crippen molar-refractivity contribution in [3.05, 3.63) is 58.0 Å². The Morgan fingerprint density at radius 2 is 2.05 bits per heavy atom. The summed E-state index contributed by atoms with van der Waals surface area (Å²) in [6, 6.07) is 8.67. The van der Waals surface area contributed by atoms with Crippen molar-refractivity contribution in [2.75, 3.05) is 13.1 Å². The van der Waals surface area contributed by atoms with Crippen LogP contribution in [0.4, 0.5) is 0 Å². The highest BCUT2D eigenvalue weighted by molar-refractivity contribution is 6.42. The van der Waals surface area contributed by atoms with Gasteiger partial charge < -0.3 is 4.42 Å². The first-order chi connectivity index (χ1) is 9.60. The first-order valence-corrected chi connectivity index (χ1v) is 7.08. The summed E-state index contributed by atoms with van der Waals surface area (Å²) in [4.78, 5) is 14.2. The Morgan fingerprint density at radius 3 is 2.65 bits per heavy atom. The molecule has 0 N–H and O–H groups in total. The summed E-state index contributed by atoms with van der Waals surface area (Å²) >= 11 is 11.8. The van der Waals surface area contributed by atoms with Crippen LogP contribution in [0, 0.1) is 0 Å². The van der Waals surface area contributed by atoms with E-state index in [4.69, 9.17) is 27.6 Å². The second-order valence-corrected chi connectivity index (χ2v) is 5.25. The highest BCUT2D eigenvalue weighted by atomic mass is 35.5. The molecule has 1 aromatic carbocycles. The Morgan fingerprint density at radius 1 is 1.25 bits per heavy atom. The van der Waals surface area contributed by atoms with Crippen LogP contribution < -0.4 is 0 Å². The molecule has 0 bridgehead atoms. The van der Waals surface area contributed by atoms with Crippen molar-refractivity contribution in [1.29, 1.82) is 0 Å². The minimum atomic E-state index is 0.0111. The highest BCUT2D eigenvalue weighted by Gasteiger charge is 2.13. The van der Waals surface area contributed by atoms with Gasteiger partial charge in [0, 0.05) is 5.56 Å². The molecule has 2 rings (SSSR count). The molecular weight excluding hydrogens is 297 g/mol. The maximum absolute atomic E-state index is 12.2. The van der Waals surface area contributed by atoms with Gasteiger partial charge in [-0.25, -0.2) is 0 Å². The first kappa shape index (κ1) is 15.1. The zero-order chi connectivity index (χ0) is 14.5. The number of furan rings is 1. The van der Waals surface area contributed by atoms with Crippen molar-refractivity contribution < 1.29 is 9.21 Å². The number of likely N-dealkylation sites (N-methyl/N-ethyl adjacent to an activating group) is 1. The molecule has 1 heterocycles. The molecule has 106 valence electrons. The van der Waals surface area contributed by atoms with E-state index in [9.17, 15) is 4.79 Å². The third-order valence-corrected chi connectivity index (χ3v) is 3.75. The Kier molecular flexibility index (Phi) is 5.24. The van der Waals surface area contributed by atoms with Gasteiger partial charge in [-0.05, 0) is 36.9 Å². The molecule has 0 aliphatic carbocycles. The van der Waals surface area contributed by atoms with Gasteiger partial charge in [0.05, 0.1) is 29.4 Å². The fourth-order valence-electron chi connectivity index (χ4n) is 1.87. The van der Waals surface area contributed by atoms with E-state index in [1.54, 1.807) is 24.5 Å². The van der Waals surface area contributed by atoms with Gasteiger partial charge in [0.25, 0.3) is 0 Å². The molecule has 0 atom stereocenters. The zero-order valence-corrected chi connectivity index (χ0v) is 12.6. The van der Waals surface area contributed by atoms with E-state index in [0.717, 1.165) is 12.3 Å². The third kappa shape index (κ3) is 3.85. The molecule has 0 fully saturated rings. The second kappa shape index (κ2) is 6.93. The second-order valence-electron chi connectivity index (χ2n) is 4.43. The molecule has 0 aliphatic heterocycles. The smallest absolute Gasteiger partial charge is 0.176 e. The predicted octanol–water partition coefficient (Wildman–Crippen LogP) is 4.29.